The number of esters is 1. The molecule has 0 bridgehead atoms. The fraction of sp³-hybridized carbons (Fsp3) is 0.625. The number of nitrogens with zero attached hydrogens (tertiary/aromatic N) is 2. The van der Waals surface area contributed by atoms with Crippen molar-refractivity contribution in [3.05, 3.63) is 29.6 Å². The summed E-state index contributed by atoms with van der Waals surface area (Å²) in [5.74, 6) is -0.348. The van der Waals surface area contributed by atoms with Crippen molar-refractivity contribution >= 4 is 5.97 Å². The van der Waals surface area contributed by atoms with E-state index in [1.807, 2.05) is 6.07 Å². The van der Waals surface area contributed by atoms with Crippen molar-refractivity contribution < 1.29 is 9.53 Å². The molecule has 0 saturated heterocycles. The summed E-state index contributed by atoms with van der Waals surface area (Å²) in [6, 6.07) is 3.63. The Morgan fingerprint density at radius 1 is 1.38 bits per heavy atom. The number of methoxy groups -OCH3 is 1. The number of hydrogen-bond donors (Lipinski definition) is 1. The van der Waals surface area contributed by atoms with Gasteiger partial charge in [0.1, 0.15) is 0 Å². The molecule has 1 aromatic rings. The van der Waals surface area contributed by atoms with E-state index in [4.69, 9.17) is 0 Å². The zero-order chi connectivity index (χ0) is 15.3. The van der Waals surface area contributed by atoms with Gasteiger partial charge in [-0.3, -0.25) is 4.98 Å². The molecule has 0 spiro atoms. The summed E-state index contributed by atoms with van der Waals surface area (Å²) in [7, 11) is 5.70. The van der Waals surface area contributed by atoms with Crippen molar-refractivity contribution in [2.45, 2.75) is 37.8 Å². The number of ether oxygens (including phenoxy) is 1. The first-order valence-electron chi connectivity index (χ1n) is 7.49. The van der Waals surface area contributed by atoms with Crippen LogP contribution in [0.4, 0.5) is 0 Å². The number of nitrogens with one attached hydrogen (secondary N) is 1. The van der Waals surface area contributed by atoms with E-state index in [1.165, 1.54) is 32.8 Å². The molecule has 1 fully saturated rings. The molecule has 0 unspecified atom stereocenters. The van der Waals surface area contributed by atoms with Crippen LogP contribution >= 0.6 is 0 Å². The zero-order valence-electron chi connectivity index (χ0n) is 13.2. The van der Waals surface area contributed by atoms with Crippen molar-refractivity contribution in [2.75, 3.05) is 27.7 Å². The fourth-order valence-electron chi connectivity index (χ4n) is 3.01. The monoisotopic (exact) mass is 291 g/mol. The van der Waals surface area contributed by atoms with Crippen LogP contribution < -0.4 is 5.32 Å². The summed E-state index contributed by atoms with van der Waals surface area (Å²) in [6.07, 6.45) is 6.70. The maximum Gasteiger partial charge on any atom is 0.339 e. The number of likely N-dealkylation sites (N-methyl/N-ethyl adjacent to an activating group) is 1. The highest BCUT2D eigenvalue weighted by Gasteiger charge is 2.35. The summed E-state index contributed by atoms with van der Waals surface area (Å²) in [4.78, 5) is 18.0. The molecule has 116 valence electrons. The fourth-order valence-corrected chi connectivity index (χ4v) is 3.01. The second-order valence-corrected chi connectivity index (χ2v) is 5.96. The molecule has 0 atom stereocenters. The number of aromatic nitrogens is 1. The highest BCUT2D eigenvalue weighted by molar-refractivity contribution is 5.88. The summed E-state index contributed by atoms with van der Waals surface area (Å²) in [5.41, 5.74) is 1.71. The number of carbonyl (C=O) groups is 1. The van der Waals surface area contributed by atoms with Gasteiger partial charge in [0.25, 0.3) is 0 Å². The zero-order valence-corrected chi connectivity index (χ0v) is 13.2. The van der Waals surface area contributed by atoms with E-state index in [1.54, 1.807) is 12.3 Å². The smallest absolute Gasteiger partial charge is 0.339 e. The van der Waals surface area contributed by atoms with Gasteiger partial charge in [-0.1, -0.05) is 12.8 Å². The Labute approximate surface area is 126 Å². The third kappa shape index (κ3) is 3.80. The summed E-state index contributed by atoms with van der Waals surface area (Å²) in [5, 5.41) is 3.51. The Morgan fingerprint density at radius 2 is 2.10 bits per heavy atom. The highest BCUT2D eigenvalue weighted by atomic mass is 16.5. The van der Waals surface area contributed by atoms with Gasteiger partial charge in [0.15, 0.2) is 0 Å². The van der Waals surface area contributed by atoms with Gasteiger partial charge in [0.2, 0.25) is 0 Å². The lowest BCUT2D eigenvalue weighted by Gasteiger charge is -2.36. The van der Waals surface area contributed by atoms with Crippen molar-refractivity contribution in [1.82, 2.24) is 15.2 Å². The first-order chi connectivity index (χ1) is 10.1. The molecule has 21 heavy (non-hydrogen) atoms. The van der Waals surface area contributed by atoms with E-state index in [9.17, 15) is 4.79 Å². The molecular formula is C16H25N3O2. The minimum Gasteiger partial charge on any atom is -0.465 e. The topological polar surface area (TPSA) is 54.5 Å². The Balaban J connectivity index is 1.87. The Bertz CT molecular complexity index is 465. The summed E-state index contributed by atoms with van der Waals surface area (Å²) >= 11 is 0. The van der Waals surface area contributed by atoms with Crippen molar-refractivity contribution in [3.63, 3.8) is 0 Å². The average molecular weight is 291 g/mol. The summed E-state index contributed by atoms with van der Waals surface area (Å²) < 4.78 is 4.66. The van der Waals surface area contributed by atoms with Gasteiger partial charge in [0.05, 0.1) is 18.4 Å². The van der Waals surface area contributed by atoms with Crippen LogP contribution in [0.15, 0.2) is 18.3 Å². The maximum atomic E-state index is 11.3. The predicted molar refractivity (Wildman–Crippen MR) is 82.2 cm³/mol. The van der Waals surface area contributed by atoms with E-state index in [0.29, 0.717) is 5.56 Å². The molecule has 0 amide bonds. The SMILES string of the molecule is COC(=O)c1ccc(CNCC2(N(C)C)CCCC2)nc1. The number of pyridine rings is 1. The molecule has 0 aliphatic heterocycles. The van der Waals surface area contributed by atoms with Crippen LogP contribution in [0.25, 0.3) is 0 Å². The Hall–Kier alpha value is -1.46. The third-order valence-electron chi connectivity index (χ3n) is 4.49. The van der Waals surface area contributed by atoms with E-state index >= 15 is 0 Å². The first-order valence-corrected chi connectivity index (χ1v) is 7.49. The van der Waals surface area contributed by atoms with E-state index in [2.05, 4.69) is 34.0 Å². The van der Waals surface area contributed by atoms with E-state index in [-0.39, 0.29) is 11.5 Å². The second kappa shape index (κ2) is 7.00. The Morgan fingerprint density at radius 3 is 2.62 bits per heavy atom. The Kier molecular flexibility index (Phi) is 5.31. The third-order valence-corrected chi connectivity index (χ3v) is 4.49. The van der Waals surface area contributed by atoms with Crippen LogP contribution in [0, 0.1) is 0 Å². The van der Waals surface area contributed by atoms with Gasteiger partial charge in [-0.15, -0.1) is 0 Å². The lowest BCUT2D eigenvalue weighted by molar-refractivity contribution is 0.0600. The molecule has 2 rings (SSSR count). The van der Waals surface area contributed by atoms with Crippen LogP contribution in [-0.4, -0.2) is 49.1 Å². The molecule has 0 aromatic carbocycles. The normalized spacial score (nSPS) is 17.1. The van der Waals surface area contributed by atoms with Crippen molar-refractivity contribution in [1.29, 1.82) is 0 Å². The molecule has 1 saturated carbocycles. The maximum absolute atomic E-state index is 11.3. The van der Waals surface area contributed by atoms with E-state index < -0.39 is 0 Å². The van der Waals surface area contributed by atoms with Gasteiger partial charge in [-0.2, -0.15) is 0 Å². The molecule has 1 aliphatic rings. The van der Waals surface area contributed by atoms with Crippen LogP contribution in [-0.2, 0) is 11.3 Å². The second-order valence-electron chi connectivity index (χ2n) is 5.96. The van der Waals surface area contributed by atoms with Crippen molar-refractivity contribution in [3.8, 4) is 0 Å². The van der Waals surface area contributed by atoms with Gasteiger partial charge in [-0.05, 0) is 39.1 Å². The average Bonchev–Trinajstić information content (AvgIpc) is 2.97. The van der Waals surface area contributed by atoms with Crippen LogP contribution in [0.2, 0.25) is 0 Å². The molecule has 1 aromatic heterocycles. The van der Waals surface area contributed by atoms with Crippen LogP contribution in [0.5, 0.6) is 0 Å². The molecule has 5 heteroatoms. The predicted octanol–water partition coefficient (Wildman–Crippen LogP) is 1.83. The molecule has 1 aliphatic carbocycles. The largest absolute Gasteiger partial charge is 0.465 e. The molecule has 0 radical (unpaired) electrons. The highest BCUT2D eigenvalue weighted by Crippen LogP contribution is 2.33. The van der Waals surface area contributed by atoms with Crippen LogP contribution in [0.1, 0.15) is 41.7 Å². The van der Waals surface area contributed by atoms with Gasteiger partial charge in [-0.25, -0.2) is 4.79 Å². The first kappa shape index (κ1) is 15.9. The number of hydrogen-bond acceptors (Lipinski definition) is 5. The van der Waals surface area contributed by atoms with Gasteiger partial charge in [0, 0.05) is 24.8 Å². The van der Waals surface area contributed by atoms with Crippen LogP contribution in [0.3, 0.4) is 0 Å². The molecule has 1 N–H and O–H groups in total. The number of rotatable bonds is 6. The molecule has 1 heterocycles. The number of carbonyl (C=O) groups excluding carboxylic acids is 1. The molecule has 5 nitrogen and oxygen atoms in total. The minimum absolute atomic E-state index is 0.284. The summed E-state index contributed by atoms with van der Waals surface area (Å²) in [6.45, 7) is 1.69. The van der Waals surface area contributed by atoms with Gasteiger partial charge >= 0.3 is 5.97 Å². The van der Waals surface area contributed by atoms with Gasteiger partial charge < -0.3 is 15.0 Å². The van der Waals surface area contributed by atoms with E-state index in [0.717, 1.165) is 18.8 Å². The molecular weight excluding hydrogens is 266 g/mol. The minimum atomic E-state index is -0.348. The van der Waals surface area contributed by atoms with Crippen molar-refractivity contribution in [2.24, 2.45) is 0 Å². The standard InChI is InChI=1S/C16H25N3O2/c1-19(2)16(8-4-5-9-16)12-17-11-14-7-6-13(10-18-14)15(20)21-3/h6-7,10,17H,4-5,8-9,11-12H2,1-3H3. The lowest BCUT2D eigenvalue weighted by Crippen LogP contribution is -2.49. The quantitative estimate of drug-likeness (QED) is 0.810. The lowest BCUT2D eigenvalue weighted by atomic mass is 9.96.